The number of nitrogens with zero attached hydrogens (tertiary/aromatic N) is 1. The Kier molecular flexibility index (Phi) is 7.18. The van der Waals surface area contributed by atoms with Crippen LogP contribution in [0.3, 0.4) is 0 Å². The van der Waals surface area contributed by atoms with Crippen LogP contribution in [0, 0.1) is 18.8 Å². The molecule has 3 unspecified atom stereocenters. The quantitative estimate of drug-likeness (QED) is 0.702. The SMILES string of the molecule is COc1cc(C)c(C(CC(=O)N2CC(C)CC(C)C2)c2cccc(S(C)(=O)=O)c2)c(O)c1. The first-order valence-corrected chi connectivity index (χ1v) is 12.8. The number of carbonyl (C=O) groups is 1. The Bertz CT molecular complexity index is 1060. The highest BCUT2D eigenvalue weighted by Crippen LogP contribution is 2.40. The number of likely N-dealkylation sites (tertiary alicyclic amines) is 1. The number of rotatable bonds is 6. The van der Waals surface area contributed by atoms with Crippen LogP contribution in [-0.2, 0) is 14.6 Å². The molecule has 6 nitrogen and oxygen atoms in total. The maximum atomic E-state index is 13.4. The van der Waals surface area contributed by atoms with Crippen molar-refractivity contribution in [3.63, 3.8) is 0 Å². The maximum absolute atomic E-state index is 13.4. The molecule has 1 N–H and O–H groups in total. The molecule has 174 valence electrons. The normalized spacial score (nSPS) is 20.1. The zero-order valence-corrected chi connectivity index (χ0v) is 20.3. The van der Waals surface area contributed by atoms with E-state index in [1.165, 1.54) is 19.4 Å². The minimum absolute atomic E-state index is 0.00720. The van der Waals surface area contributed by atoms with Crippen LogP contribution < -0.4 is 4.74 Å². The van der Waals surface area contributed by atoms with E-state index in [9.17, 15) is 18.3 Å². The van der Waals surface area contributed by atoms with Crippen molar-refractivity contribution in [2.24, 2.45) is 11.8 Å². The fourth-order valence-corrected chi connectivity index (χ4v) is 5.51. The smallest absolute Gasteiger partial charge is 0.223 e. The van der Waals surface area contributed by atoms with Crippen molar-refractivity contribution in [1.82, 2.24) is 4.90 Å². The number of aryl methyl sites for hydroxylation is 1. The van der Waals surface area contributed by atoms with Crippen molar-refractivity contribution in [1.29, 1.82) is 0 Å². The van der Waals surface area contributed by atoms with Gasteiger partial charge in [0.05, 0.1) is 12.0 Å². The molecule has 3 atom stereocenters. The molecule has 0 bridgehead atoms. The Hall–Kier alpha value is -2.54. The lowest BCUT2D eigenvalue weighted by Gasteiger charge is -2.36. The van der Waals surface area contributed by atoms with Crippen LogP contribution in [0.5, 0.6) is 11.5 Å². The molecular formula is C25H33NO5S. The van der Waals surface area contributed by atoms with Gasteiger partial charge in [0.15, 0.2) is 9.84 Å². The number of phenols is 1. The molecule has 0 aliphatic carbocycles. The van der Waals surface area contributed by atoms with E-state index in [0.29, 0.717) is 41.8 Å². The summed E-state index contributed by atoms with van der Waals surface area (Å²) < 4.78 is 29.6. The van der Waals surface area contributed by atoms with Crippen LogP contribution >= 0.6 is 0 Å². The van der Waals surface area contributed by atoms with Crippen molar-refractivity contribution >= 4 is 15.7 Å². The number of phenolic OH excluding ortho intramolecular Hbond substituents is 1. The van der Waals surface area contributed by atoms with Crippen LogP contribution in [0.1, 0.15) is 49.3 Å². The number of ether oxygens (including phenoxy) is 1. The predicted molar refractivity (Wildman–Crippen MR) is 125 cm³/mol. The summed E-state index contributed by atoms with van der Waals surface area (Å²) in [6.45, 7) is 7.60. The fourth-order valence-electron chi connectivity index (χ4n) is 4.84. The molecule has 0 radical (unpaired) electrons. The lowest BCUT2D eigenvalue weighted by molar-refractivity contribution is -0.134. The minimum Gasteiger partial charge on any atom is -0.507 e. The van der Waals surface area contributed by atoms with Gasteiger partial charge in [0, 0.05) is 43.3 Å². The number of benzene rings is 2. The van der Waals surface area contributed by atoms with E-state index < -0.39 is 15.8 Å². The summed E-state index contributed by atoms with van der Waals surface area (Å²) in [5.74, 6) is 0.953. The average molecular weight is 460 g/mol. The van der Waals surface area contributed by atoms with Crippen molar-refractivity contribution in [3.05, 3.63) is 53.1 Å². The number of amides is 1. The van der Waals surface area contributed by atoms with E-state index in [-0.39, 0.29) is 23.0 Å². The molecule has 2 aromatic carbocycles. The van der Waals surface area contributed by atoms with Gasteiger partial charge in [-0.05, 0) is 54.5 Å². The second kappa shape index (κ2) is 9.53. The van der Waals surface area contributed by atoms with Gasteiger partial charge in [0.1, 0.15) is 11.5 Å². The second-order valence-electron chi connectivity index (χ2n) is 9.22. The summed E-state index contributed by atoms with van der Waals surface area (Å²) >= 11 is 0. The van der Waals surface area contributed by atoms with Crippen LogP contribution in [0.2, 0.25) is 0 Å². The molecule has 1 fully saturated rings. The second-order valence-corrected chi connectivity index (χ2v) is 11.2. The predicted octanol–water partition coefficient (Wildman–Crippen LogP) is 4.14. The third-order valence-corrected chi connectivity index (χ3v) is 7.32. The average Bonchev–Trinajstić information content (AvgIpc) is 2.71. The van der Waals surface area contributed by atoms with Gasteiger partial charge in [-0.25, -0.2) is 8.42 Å². The number of aromatic hydroxyl groups is 1. The Labute approximate surface area is 191 Å². The van der Waals surface area contributed by atoms with Gasteiger partial charge in [-0.2, -0.15) is 0 Å². The van der Waals surface area contributed by atoms with Crippen LogP contribution in [0.15, 0.2) is 41.3 Å². The largest absolute Gasteiger partial charge is 0.507 e. The minimum atomic E-state index is -3.41. The van der Waals surface area contributed by atoms with Gasteiger partial charge in [0.25, 0.3) is 0 Å². The van der Waals surface area contributed by atoms with Crippen molar-refractivity contribution in [2.75, 3.05) is 26.5 Å². The molecule has 1 amide bonds. The molecule has 1 aliphatic heterocycles. The van der Waals surface area contributed by atoms with Crippen LogP contribution in [0.4, 0.5) is 0 Å². The summed E-state index contributed by atoms with van der Waals surface area (Å²) in [6.07, 6.45) is 2.41. The Morgan fingerprint density at radius 2 is 1.84 bits per heavy atom. The topological polar surface area (TPSA) is 83.9 Å². The third kappa shape index (κ3) is 5.44. The van der Waals surface area contributed by atoms with E-state index >= 15 is 0 Å². The summed E-state index contributed by atoms with van der Waals surface area (Å²) in [6, 6.07) is 10.0. The van der Waals surface area contributed by atoms with Gasteiger partial charge < -0.3 is 14.7 Å². The number of hydrogen-bond acceptors (Lipinski definition) is 5. The molecule has 2 aromatic rings. The van der Waals surface area contributed by atoms with Crippen molar-refractivity contribution in [2.45, 2.75) is 44.4 Å². The summed E-state index contributed by atoms with van der Waals surface area (Å²) in [5.41, 5.74) is 2.08. The number of methoxy groups -OCH3 is 1. The van der Waals surface area contributed by atoms with E-state index in [1.54, 1.807) is 18.2 Å². The highest BCUT2D eigenvalue weighted by Gasteiger charge is 2.30. The summed E-state index contributed by atoms with van der Waals surface area (Å²) in [5, 5.41) is 10.8. The molecule has 32 heavy (non-hydrogen) atoms. The molecule has 0 spiro atoms. The van der Waals surface area contributed by atoms with Gasteiger partial charge >= 0.3 is 0 Å². The first-order valence-electron chi connectivity index (χ1n) is 10.9. The number of piperidine rings is 1. The molecule has 1 saturated heterocycles. The van der Waals surface area contributed by atoms with Crippen LogP contribution in [-0.4, -0.2) is 50.8 Å². The first kappa shape index (κ1) is 24.1. The Balaban J connectivity index is 2.06. The highest BCUT2D eigenvalue weighted by molar-refractivity contribution is 7.90. The Morgan fingerprint density at radius 1 is 1.19 bits per heavy atom. The van der Waals surface area contributed by atoms with Crippen molar-refractivity contribution in [3.8, 4) is 11.5 Å². The molecule has 0 aromatic heterocycles. The van der Waals surface area contributed by atoms with E-state index in [0.717, 1.165) is 12.0 Å². The van der Waals surface area contributed by atoms with Gasteiger partial charge in [-0.15, -0.1) is 0 Å². The van der Waals surface area contributed by atoms with Crippen molar-refractivity contribution < 1.29 is 23.1 Å². The molecule has 1 heterocycles. The maximum Gasteiger partial charge on any atom is 0.223 e. The number of carbonyl (C=O) groups excluding carboxylic acids is 1. The van der Waals surface area contributed by atoms with Gasteiger partial charge in [-0.3, -0.25) is 4.79 Å². The van der Waals surface area contributed by atoms with E-state index in [4.69, 9.17) is 4.74 Å². The standard InChI is InChI=1S/C25H33NO5S/c1-16-9-17(2)15-26(14-16)24(28)13-22(19-7-6-8-21(11-19)32(5,29)30)25-18(3)10-20(31-4)12-23(25)27/h6-8,10-12,16-17,22,27H,9,13-15H2,1-5H3. The number of hydrogen-bond donors (Lipinski definition) is 1. The van der Waals surface area contributed by atoms with E-state index in [1.807, 2.05) is 24.0 Å². The molecule has 1 aliphatic rings. The highest BCUT2D eigenvalue weighted by atomic mass is 32.2. The molecule has 7 heteroatoms. The lowest BCUT2D eigenvalue weighted by Crippen LogP contribution is -2.43. The molecule has 3 rings (SSSR count). The fraction of sp³-hybridized carbons (Fsp3) is 0.480. The monoisotopic (exact) mass is 459 g/mol. The Morgan fingerprint density at radius 3 is 2.41 bits per heavy atom. The third-order valence-electron chi connectivity index (χ3n) is 6.21. The van der Waals surface area contributed by atoms with Crippen LogP contribution in [0.25, 0.3) is 0 Å². The molecular weight excluding hydrogens is 426 g/mol. The van der Waals surface area contributed by atoms with Gasteiger partial charge in [0.2, 0.25) is 5.91 Å². The zero-order valence-electron chi connectivity index (χ0n) is 19.5. The summed E-state index contributed by atoms with van der Waals surface area (Å²) in [7, 11) is -1.88. The van der Waals surface area contributed by atoms with Gasteiger partial charge in [-0.1, -0.05) is 26.0 Å². The first-order chi connectivity index (χ1) is 15.0. The van der Waals surface area contributed by atoms with E-state index in [2.05, 4.69) is 13.8 Å². The lowest BCUT2D eigenvalue weighted by atomic mass is 9.84. The number of sulfone groups is 1. The zero-order chi connectivity index (χ0) is 23.6. The summed E-state index contributed by atoms with van der Waals surface area (Å²) in [4.78, 5) is 15.5. The molecule has 0 saturated carbocycles.